The van der Waals surface area contributed by atoms with Gasteiger partial charge in [0.1, 0.15) is 0 Å². The molecule has 5 heteroatoms. The smallest absolute Gasteiger partial charge is 0.382 e. The van der Waals surface area contributed by atoms with Crippen LogP contribution in [0.4, 0.5) is 13.2 Å². The number of rotatable bonds is 7. The van der Waals surface area contributed by atoms with Crippen molar-refractivity contribution in [1.82, 2.24) is 5.32 Å². The predicted octanol–water partition coefficient (Wildman–Crippen LogP) is 2.47. The number of aliphatic hydroxyl groups excluding tert-OH is 1. The Bertz CT molecular complexity index is 155. The van der Waals surface area contributed by atoms with Gasteiger partial charge in [-0.05, 0) is 12.8 Å². The van der Waals surface area contributed by atoms with E-state index in [1.807, 2.05) is 13.8 Å². The zero-order valence-corrected chi connectivity index (χ0v) is 9.27. The van der Waals surface area contributed by atoms with E-state index in [2.05, 4.69) is 5.32 Å². The maximum Gasteiger partial charge on any atom is 0.415 e. The lowest BCUT2D eigenvalue weighted by Gasteiger charge is -2.21. The second-order valence-corrected chi connectivity index (χ2v) is 3.74. The molecule has 0 aliphatic carbocycles. The summed E-state index contributed by atoms with van der Waals surface area (Å²) in [7, 11) is 0. The van der Waals surface area contributed by atoms with Crippen molar-refractivity contribution in [1.29, 1.82) is 0 Å². The second kappa shape index (κ2) is 7.06. The van der Waals surface area contributed by atoms with E-state index < -0.39 is 18.8 Å². The van der Waals surface area contributed by atoms with Gasteiger partial charge in [-0.1, -0.05) is 26.7 Å². The van der Waals surface area contributed by atoms with E-state index in [0.29, 0.717) is 0 Å². The standard InChI is InChI=1S/C10H20F3NO/c1-3-5-8(6-4-2)14-7-9(15)10(11,12)13/h8-9,14-15H,3-7H2,1-2H3. The molecule has 0 bridgehead atoms. The molecule has 0 heterocycles. The van der Waals surface area contributed by atoms with Gasteiger partial charge in [0.15, 0.2) is 6.10 Å². The lowest BCUT2D eigenvalue weighted by molar-refractivity contribution is -0.202. The van der Waals surface area contributed by atoms with Crippen LogP contribution in [0.2, 0.25) is 0 Å². The average Bonchev–Trinajstić information content (AvgIpc) is 2.12. The molecule has 0 aliphatic rings. The number of halogens is 3. The van der Waals surface area contributed by atoms with Crippen LogP contribution in [0.15, 0.2) is 0 Å². The van der Waals surface area contributed by atoms with Crippen molar-refractivity contribution >= 4 is 0 Å². The molecule has 0 spiro atoms. The van der Waals surface area contributed by atoms with Crippen LogP contribution in [0.3, 0.4) is 0 Å². The summed E-state index contributed by atoms with van der Waals surface area (Å²) >= 11 is 0. The highest BCUT2D eigenvalue weighted by molar-refractivity contribution is 4.72. The summed E-state index contributed by atoms with van der Waals surface area (Å²) in [4.78, 5) is 0. The topological polar surface area (TPSA) is 32.3 Å². The molecular weight excluding hydrogens is 207 g/mol. The van der Waals surface area contributed by atoms with Crippen LogP contribution in [0.5, 0.6) is 0 Å². The van der Waals surface area contributed by atoms with Gasteiger partial charge in [-0.25, -0.2) is 0 Å². The molecule has 0 saturated carbocycles. The molecule has 0 amide bonds. The Balaban J connectivity index is 3.87. The number of alkyl halides is 3. The lowest BCUT2D eigenvalue weighted by atomic mass is 10.1. The zero-order chi connectivity index (χ0) is 11.9. The van der Waals surface area contributed by atoms with E-state index in [0.717, 1.165) is 25.7 Å². The first-order chi connectivity index (χ1) is 6.91. The summed E-state index contributed by atoms with van der Waals surface area (Å²) in [6.07, 6.45) is -3.22. The maximum atomic E-state index is 12.0. The first-order valence-electron chi connectivity index (χ1n) is 5.40. The zero-order valence-electron chi connectivity index (χ0n) is 9.27. The molecule has 2 N–H and O–H groups in total. The van der Waals surface area contributed by atoms with Gasteiger partial charge >= 0.3 is 6.18 Å². The minimum Gasteiger partial charge on any atom is -0.382 e. The summed E-state index contributed by atoms with van der Waals surface area (Å²) in [6, 6.07) is 0.0806. The Labute approximate surface area is 88.9 Å². The van der Waals surface area contributed by atoms with Crippen molar-refractivity contribution in [2.45, 2.75) is 57.9 Å². The van der Waals surface area contributed by atoms with Gasteiger partial charge in [0.25, 0.3) is 0 Å². The Morgan fingerprint density at radius 1 is 1.13 bits per heavy atom. The number of nitrogens with one attached hydrogen (secondary N) is 1. The Hall–Kier alpha value is -0.290. The largest absolute Gasteiger partial charge is 0.415 e. The van der Waals surface area contributed by atoms with Gasteiger partial charge < -0.3 is 10.4 Å². The molecule has 1 unspecified atom stereocenters. The minimum atomic E-state index is -4.52. The third kappa shape index (κ3) is 6.73. The highest BCUT2D eigenvalue weighted by atomic mass is 19.4. The SMILES string of the molecule is CCCC(CCC)NCC(O)C(F)(F)F. The van der Waals surface area contributed by atoms with E-state index in [9.17, 15) is 13.2 Å². The highest BCUT2D eigenvalue weighted by Crippen LogP contribution is 2.19. The fraction of sp³-hybridized carbons (Fsp3) is 1.00. The third-order valence-electron chi connectivity index (χ3n) is 2.25. The molecule has 92 valence electrons. The summed E-state index contributed by atoms with van der Waals surface area (Å²) in [5.74, 6) is 0. The molecule has 0 aromatic heterocycles. The van der Waals surface area contributed by atoms with Crippen molar-refractivity contribution in [3.8, 4) is 0 Å². The van der Waals surface area contributed by atoms with Crippen LogP contribution in [0, 0.1) is 0 Å². The lowest BCUT2D eigenvalue weighted by Crippen LogP contribution is -2.42. The van der Waals surface area contributed by atoms with E-state index in [-0.39, 0.29) is 6.04 Å². The van der Waals surface area contributed by atoms with Crippen LogP contribution >= 0.6 is 0 Å². The van der Waals surface area contributed by atoms with E-state index >= 15 is 0 Å². The van der Waals surface area contributed by atoms with Crippen LogP contribution in [-0.2, 0) is 0 Å². The summed E-state index contributed by atoms with van der Waals surface area (Å²) in [6.45, 7) is 3.57. The molecule has 1 atom stereocenters. The van der Waals surface area contributed by atoms with E-state index in [1.165, 1.54) is 0 Å². The fourth-order valence-corrected chi connectivity index (χ4v) is 1.44. The fourth-order valence-electron chi connectivity index (χ4n) is 1.44. The molecule has 2 nitrogen and oxygen atoms in total. The first kappa shape index (κ1) is 14.7. The van der Waals surface area contributed by atoms with E-state index in [4.69, 9.17) is 5.11 Å². The molecule has 15 heavy (non-hydrogen) atoms. The number of aliphatic hydroxyl groups is 1. The van der Waals surface area contributed by atoms with Gasteiger partial charge in [0.2, 0.25) is 0 Å². The Kier molecular flexibility index (Phi) is 6.92. The van der Waals surface area contributed by atoms with E-state index in [1.54, 1.807) is 0 Å². The normalized spacial score (nSPS) is 14.6. The van der Waals surface area contributed by atoms with Crippen molar-refractivity contribution in [3.05, 3.63) is 0 Å². The molecule has 0 aromatic carbocycles. The number of hydrogen-bond donors (Lipinski definition) is 2. The van der Waals surface area contributed by atoms with Crippen LogP contribution < -0.4 is 5.32 Å². The van der Waals surface area contributed by atoms with Gasteiger partial charge in [0, 0.05) is 12.6 Å². The highest BCUT2D eigenvalue weighted by Gasteiger charge is 2.37. The predicted molar refractivity (Wildman–Crippen MR) is 53.7 cm³/mol. The van der Waals surface area contributed by atoms with Crippen LogP contribution in [-0.4, -0.2) is 30.0 Å². The average molecular weight is 227 g/mol. The molecular formula is C10H20F3NO. The van der Waals surface area contributed by atoms with Gasteiger partial charge in [-0.15, -0.1) is 0 Å². The van der Waals surface area contributed by atoms with Crippen molar-refractivity contribution < 1.29 is 18.3 Å². The summed E-state index contributed by atoms with van der Waals surface area (Å²) in [5.41, 5.74) is 0. The summed E-state index contributed by atoms with van der Waals surface area (Å²) < 4.78 is 35.9. The molecule has 0 aromatic rings. The van der Waals surface area contributed by atoms with Crippen LogP contribution in [0.25, 0.3) is 0 Å². The number of hydrogen-bond acceptors (Lipinski definition) is 2. The minimum absolute atomic E-state index is 0.0806. The first-order valence-corrected chi connectivity index (χ1v) is 5.40. The van der Waals surface area contributed by atoms with Gasteiger partial charge in [-0.2, -0.15) is 13.2 Å². The Morgan fingerprint density at radius 2 is 1.60 bits per heavy atom. The molecule has 0 fully saturated rings. The molecule has 0 radical (unpaired) electrons. The quantitative estimate of drug-likeness (QED) is 0.700. The molecule has 0 rings (SSSR count). The second-order valence-electron chi connectivity index (χ2n) is 3.74. The molecule has 0 saturated heterocycles. The monoisotopic (exact) mass is 227 g/mol. The maximum absolute atomic E-state index is 12.0. The van der Waals surface area contributed by atoms with Crippen molar-refractivity contribution in [2.75, 3.05) is 6.54 Å². The molecule has 0 aliphatic heterocycles. The van der Waals surface area contributed by atoms with Crippen LogP contribution in [0.1, 0.15) is 39.5 Å². The van der Waals surface area contributed by atoms with Gasteiger partial charge in [0.05, 0.1) is 0 Å². The third-order valence-corrected chi connectivity index (χ3v) is 2.25. The van der Waals surface area contributed by atoms with Crippen molar-refractivity contribution in [3.63, 3.8) is 0 Å². The van der Waals surface area contributed by atoms with Crippen molar-refractivity contribution in [2.24, 2.45) is 0 Å². The Morgan fingerprint density at radius 3 is 1.93 bits per heavy atom. The van der Waals surface area contributed by atoms with Gasteiger partial charge in [-0.3, -0.25) is 0 Å². The summed E-state index contributed by atoms with van der Waals surface area (Å²) in [5, 5.41) is 11.5.